The quantitative estimate of drug-likeness (QED) is 0.633. The van der Waals surface area contributed by atoms with Crippen LogP contribution >= 0.6 is 11.6 Å². The third kappa shape index (κ3) is 4.03. The van der Waals surface area contributed by atoms with Gasteiger partial charge in [0.05, 0.1) is 6.04 Å². The van der Waals surface area contributed by atoms with Gasteiger partial charge < -0.3 is 10.6 Å². The summed E-state index contributed by atoms with van der Waals surface area (Å²) in [5.74, 6) is -1.25. The molecule has 0 saturated heterocycles. The van der Waals surface area contributed by atoms with Crippen LogP contribution in [0.4, 0.5) is 4.39 Å². The van der Waals surface area contributed by atoms with Crippen LogP contribution in [0.25, 0.3) is 0 Å². The molecule has 2 N–H and O–H groups in total. The Morgan fingerprint density at radius 3 is 2.74 bits per heavy atom. The van der Waals surface area contributed by atoms with Crippen LogP contribution in [0.15, 0.2) is 54.7 Å². The molecule has 2 amide bonds. The Bertz CT molecular complexity index is 1180. The third-order valence-electron chi connectivity index (χ3n) is 5.70. The second-order valence-electron chi connectivity index (χ2n) is 7.63. The molecule has 1 aliphatic rings. The van der Waals surface area contributed by atoms with Gasteiger partial charge in [-0.1, -0.05) is 35.9 Å². The van der Waals surface area contributed by atoms with Crippen LogP contribution in [0.1, 0.15) is 55.6 Å². The number of benzene rings is 2. The van der Waals surface area contributed by atoms with E-state index in [0.717, 1.165) is 5.56 Å². The van der Waals surface area contributed by atoms with E-state index in [2.05, 4.69) is 4.98 Å². The number of aryl methyl sites for hydroxylation is 1. The highest BCUT2D eigenvalue weighted by atomic mass is 35.5. The van der Waals surface area contributed by atoms with Gasteiger partial charge >= 0.3 is 0 Å². The predicted octanol–water partition coefficient (Wildman–Crippen LogP) is 4.61. The Labute approximate surface area is 184 Å². The molecule has 0 radical (unpaired) electrons. The predicted molar refractivity (Wildman–Crippen MR) is 116 cm³/mol. The van der Waals surface area contributed by atoms with Crippen LogP contribution in [-0.2, 0) is 13.0 Å². The average molecular weight is 438 g/mol. The minimum absolute atomic E-state index is 0.109. The van der Waals surface area contributed by atoms with Crippen LogP contribution in [-0.4, -0.2) is 21.7 Å². The molecule has 1 heterocycles. The zero-order valence-corrected chi connectivity index (χ0v) is 17.7. The summed E-state index contributed by atoms with van der Waals surface area (Å²) in [5.41, 5.74) is 8.78. The normalized spacial score (nSPS) is 14.9. The number of rotatable bonds is 5. The number of pyridine rings is 1. The van der Waals surface area contributed by atoms with Crippen molar-refractivity contribution in [2.75, 3.05) is 0 Å². The van der Waals surface area contributed by atoms with Crippen molar-refractivity contribution in [1.29, 1.82) is 0 Å². The summed E-state index contributed by atoms with van der Waals surface area (Å²) in [6.45, 7) is 1.97. The zero-order valence-electron chi connectivity index (χ0n) is 16.9. The summed E-state index contributed by atoms with van der Waals surface area (Å²) < 4.78 is 14.5. The first kappa shape index (κ1) is 21.0. The third-order valence-corrected chi connectivity index (χ3v) is 5.92. The Morgan fingerprint density at radius 1 is 1.23 bits per heavy atom. The second kappa shape index (κ2) is 8.47. The van der Waals surface area contributed by atoms with E-state index in [1.54, 1.807) is 35.2 Å². The first-order valence-electron chi connectivity index (χ1n) is 9.95. The monoisotopic (exact) mass is 437 g/mol. The summed E-state index contributed by atoms with van der Waals surface area (Å²) in [6, 6.07) is 13.3. The maximum Gasteiger partial charge on any atom is 0.267 e. The zero-order chi connectivity index (χ0) is 22.1. The molecule has 31 heavy (non-hydrogen) atoms. The summed E-state index contributed by atoms with van der Waals surface area (Å²) in [7, 11) is 0. The van der Waals surface area contributed by atoms with Crippen molar-refractivity contribution in [1.82, 2.24) is 9.88 Å². The fourth-order valence-electron chi connectivity index (χ4n) is 4.21. The number of fused-ring (bicyclic) bond motifs is 1. The second-order valence-corrected chi connectivity index (χ2v) is 8.07. The molecule has 2 aromatic carbocycles. The lowest BCUT2D eigenvalue weighted by molar-refractivity contribution is 0.0655. The van der Waals surface area contributed by atoms with E-state index in [4.69, 9.17) is 17.3 Å². The molecule has 1 aromatic heterocycles. The number of nitrogens with zero attached hydrogens (tertiary/aromatic N) is 2. The van der Waals surface area contributed by atoms with Gasteiger partial charge in [0.1, 0.15) is 11.5 Å². The van der Waals surface area contributed by atoms with E-state index in [9.17, 15) is 14.0 Å². The van der Waals surface area contributed by atoms with Gasteiger partial charge in [0, 0.05) is 28.9 Å². The number of hydrogen-bond acceptors (Lipinski definition) is 3. The fourth-order valence-corrected chi connectivity index (χ4v) is 4.42. The van der Waals surface area contributed by atoms with Crippen molar-refractivity contribution < 1.29 is 14.0 Å². The highest BCUT2D eigenvalue weighted by Gasteiger charge is 2.34. The topological polar surface area (TPSA) is 76.3 Å². The minimum Gasteiger partial charge on any atom is -0.364 e. The van der Waals surface area contributed by atoms with E-state index in [1.165, 1.54) is 12.3 Å². The van der Waals surface area contributed by atoms with Crippen LogP contribution in [0.2, 0.25) is 5.02 Å². The van der Waals surface area contributed by atoms with E-state index in [0.29, 0.717) is 35.1 Å². The maximum atomic E-state index is 14.5. The van der Waals surface area contributed by atoms with Gasteiger partial charge in [-0.05, 0) is 60.7 Å². The molecule has 0 unspecified atom stereocenters. The Kier molecular flexibility index (Phi) is 5.74. The molecule has 0 saturated carbocycles. The smallest absolute Gasteiger partial charge is 0.267 e. The van der Waals surface area contributed by atoms with Crippen LogP contribution in [0, 0.1) is 12.7 Å². The lowest BCUT2D eigenvalue weighted by atomic mass is 10.0. The van der Waals surface area contributed by atoms with Crippen LogP contribution in [0.3, 0.4) is 0 Å². The molecule has 4 rings (SSSR count). The lowest BCUT2D eigenvalue weighted by Gasteiger charge is -2.31. The van der Waals surface area contributed by atoms with Crippen molar-refractivity contribution in [2.45, 2.75) is 32.4 Å². The maximum absolute atomic E-state index is 14.5. The molecule has 5 nitrogen and oxygen atoms in total. The highest BCUT2D eigenvalue weighted by molar-refractivity contribution is 6.30. The largest absolute Gasteiger partial charge is 0.364 e. The molecule has 3 aromatic rings. The molecule has 7 heteroatoms. The molecule has 1 atom stereocenters. The molecule has 0 fully saturated rings. The molecule has 0 bridgehead atoms. The lowest BCUT2D eigenvalue weighted by Crippen LogP contribution is -2.35. The molecular formula is C24H21ClFN3O2. The summed E-state index contributed by atoms with van der Waals surface area (Å²) in [6.07, 6.45) is 2.53. The van der Waals surface area contributed by atoms with Gasteiger partial charge in [0.2, 0.25) is 0 Å². The van der Waals surface area contributed by atoms with E-state index in [1.807, 2.05) is 19.1 Å². The SMILES string of the molecule is Cc1ccccc1C(=O)N(Cc1cccnc1C(N)=O)[C@@H]1CCc2c(F)cc(Cl)cc21. The van der Waals surface area contributed by atoms with Gasteiger partial charge in [-0.3, -0.25) is 14.6 Å². The number of halogens is 2. The van der Waals surface area contributed by atoms with Crippen molar-refractivity contribution in [3.63, 3.8) is 0 Å². The number of carbonyl (C=O) groups is 2. The van der Waals surface area contributed by atoms with E-state index >= 15 is 0 Å². The molecule has 0 spiro atoms. The van der Waals surface area contributed by atoms with Crippen molar-refractivity contribution >= 4 is 23.4 Å². The first-order valence-corrected chi connectivity index (χ1v) is 10.3. The fraction of sp³-hybridized carbons (Fsp3) is 0.208. The molecule has 158 valence electrons. The Morgan fingerprint density at radius 2 is 2.00 bits per heavy atom. The number of primary amides is 1. The Hall–Kier alpha value is -3.25. The number of hydrogen-bond donors (Lipinski definition) is 1. The van der Waals surface area contributed by atoms with Gasteiger partial charge in [0.25, 0.3) is 11.8 Å². The van der Waals surface area contributed by atoms with Crippen molar-refractivity contribution in [3.8, 4) is 0 Å². The summed E-state index contributed by atoms with van der Waals surface area (Å²) in [5, 5.41) is 0.283. The van der Waals surface area contributed by atoms with Gasteiger partial charge in [-0.15, -0.1) is 0 Å². The van der Waals surface area contributed by atoms with Crippen LogP contribution in [0.5, 0.6) is 0 Å². The van der Waals surface area contributed by atoms with Gasteiger partial charge in [-0.25, -0.2) is 4.39 Å². The van der Waals surface area contributed by atoms with Gasteiger partial charge in [-0.2, -0.15) is 0 Å². The first-order chi connectivity index (χ1) is 14.9. The molecule has 0 aliphatic heterocycles. The summed E-state index contributed by atoms with van der Waals surface area (Å²) >= 11 is 6.13. The standard InChI is InChI=1S/C24H21ClFN3O2/c1-14-5-2-3-7-17(14)24(31)29(13-15-6-4-10-28-22(15)23(27)30)21-9-8-18-19(21)11-16(25)12-20(18)26/h2-7,10-12,21H,8-9,13H2,1H3,(H2,27,30)/t21-/m1/s1. The number of carbonyl (C=O) groups excluding carboxylic acids is 2. The van der Waals surface area contributed by atoms with E-state index in [-0.39, 0.29) is 29.0 Å². The highest BCUT2D eigenvalue weighted by Crippen LogP contribution is 2.40. The minimum atomic E-state index is -0.667. The molecular weight excluding hydrogens is 417 g/mol. The van der Waals surface area contributed by atoms with Crippen molar-refractivity contribution in [2.24, 2.45) is 5.73 Å². The Balaban J connectivity index is 1.81. The number of nitrogens with two attached hydrogens (primary N) is 1. The van der Waals surface area contributed by atoms with Gasteiger partial charge in [0.15, 0.2) is 0 Å². The molecule has 1 aliphatic carbocycles. The van der Waals surface area contributed by atoms with Crippen molar-refractivity contribution in [3.05, 3.63) is 99.1 Å². The number of amides is 2. The van der Waals surface area contributed by atoms with Crippen LogP contribution < -0.4 is 5.73 Å². The number of aromatic nitrogens is 1. The average Bonchev–Trinajstić information content (AvgIpc) is 3.16. The summed E-state index contributed by atoms with van der Waals surface area (Å²) in [4.78, 5) is 31.3. The van der Waals surface area contributed by atoms with E-state index < -0.39 is 11.9 Å².